The lowest BCUT2D eigenvalue weighted by molar-refractivity contribution is -0.151. The third-order valence-corrected chi connectivity index (χ3v) is 5.99. The van der Waals surface area contributed by atoms with Crippen LogP contribution in [0.1, 0.15) is 23.7 Å². The zero-order valence-electron chi connectivity index (χ0n) is 14.7. The van der Waals surface area contributed by atoms with E-state index in [2.05, 4.69) is 6.58 Å². The van der Waals surface area contributed by atoms with Crippen molar-refractivity contribution in [2.24, 2.45) is 0 Å². The molecule has 0 spiro atoms. The number of esters is 1. The third-order valence-electron chi connectivity index (χ3n) is 4.75. The minimum atomic E-state index is -0.539. The van der Waals surface area contributed by atoms with Gasteiger partial charge in [-0.1, -0.05) is 73.3 Å². The van der Waals surface area contributed by atoms with E-state index in [9.17, 15) is 9.59 Å². The fourth-order valence-corrected chi connectivity index (χ4v) is 4.59. The number of hydrogen-bond donors (Lipinski definition) is 0. The zero-order chi connectivity index (χ0) is 18.8. The molecule has 1 amide bonds. The Balaban J connectivity index is 1.68. The number of hydrogen-bond acceptors (Lipinski definition) is 4. The Morgan fingerprint density at radius 2 is 1.70 bits per heavy atom. The van der Waals surface area contributed by atoms with Gasteiger partial charge in [-0.25, -0.2) is 4.79 Å². The van der Waals surface area contributed by atoms with Gasteiger partial charge in [0.2, 0.25) is 5.91 Å². The summed E-state index contributed by atoms with van der Waals surface area (Å²) in [6.07, 6.45) is 1.57. The van der Waals surface area contributed by atoms with E-state index in [1.54, 1.807) is 22.7 Å². The Kier molecular flexibility index (Phi) is 4.86. The van der Waals surface area contributed by atoms with Crippen LogP contribution >= 0.6 is 11.8 Å². The molecule has 1 saturated heterocycles. The van der Waals surface area contributed by atoms with Gasteiger partial charge in [0.1, 0.15) is 5.70 Å². The number of fused-ring (bicyclic) bond motifs is 1. The lowest BCUT2D eigenvalue weighted by Crippen LogP contribution is -2.54. The number of allylic oxidation sites excluding steroid dienone is 1. The number of carbonyl (C=O) groups is 2. The number of β-lactam (4-membered cyclic amide) rings is 1. The normalized spacial score (nSPS) is 18.8. The molecule has 5 heteroatoms. The first-order valence-electron chi connectivity index (χ1n) is 8.79. The van der Waals surface area contributed by atoms with Crippen LogP contribution in [-0.2, 0) is 14.3 Å². The fourth-order valence-electron chi connectivity index (χ4n) is 3.33. The number of ether oxygens (including phenoxy) is 1. The molecule has 0 aromatic heterocycles. The Labute approximate surface area is 162 Å². The Morgan fingerprint density at radius 3 is 2.22 bits per heavy atom. The first kappa shape index (κ1) is 17.6. The van der Waals surface area contributed by atoms with E-state index in [1.807, 2.05) is 60.7 Å². The second-order valence-electron chi connectivity index (χ2n) is 6.42. The molecule has 0 aliphatic carbocycles. The molecule has 0 radical (unpaired) electrons. The van der Waals surface area contributed by atoms with Crippen molar-refractivity contribution in [3.8, 4) is 0 Å². The van der Waals surface area contributed by atoms with Gasteiger partial charge in [0.05, 0.1) is 11.8 Å². The molecule has 2 aliphatic rings. The predicted octanol–water partition coefficient (Wildman–Crippen LogP) is 4.06. The highest BCUT2D eigenvalue weighted by Crippen LogP contribution is 2.41. The predicted molar refractivity (Wildman–Crippen MR) is 106 cm³/mol. The van der Waals surface area contributed by atoms with Crippen LogP contribution in [0.3, 0.4) is 0 Å². The first-order valence-corrected chi connectivity index (χ1v) is 9.84. The average molecular weight is 377 g/mol. The van der Waals surface area contributed by atoms with Crippen molar-refractivity contribution in [1.82, 2.24) is 4.90 Å². The van der Waals surface area contributed by atoms with Gasteiger partial charge in [-0.05, 0) is 16.7 Å². The lowest BCUT2D eigenvalue weighted by atomic mass is 10.0. The molecule has 2 aromatic carbocycles. The first-order chi connectivity index (χ1) is 13.2. The number of benzene rings is 2. The van der Waals surface area contributed by atoms with Crippen molar-refractivity contribution in [3.63, 3.8) is 0 Å². The summed E-state index contributed by atoms with van der Waals surface area (Å²) >= 11 is 1.65. The molecular weight excluding hydrogens is 358 g/mol. The maximum Gasteiger partial charge on any atom is 0.356 e. The van der Waals surface area contributed by atoms with Gasteiger partial charge in [0, 0.05) is 5.75 Å². The van der Waals surface area contributed by atoms with E-state index < -0.39 is 12.1 Å². The number of thioether (sulfide) groups is 1. The molecule has 2 heterocycles. The highest BCUT2D eigenvalue weighted by Gasteiger charge is 2.45. The van der Waals surface area contributed by atoms with E-state index >= 15 is 0 Å². The summed E-state index contributed by atoms with van der Waals surface area (Å²) in [6.45, 7) is 3.80. The Morgan fingerprint density at radius 1 is 1.11 bits per heavy atom. The van der Waals surface area contributed by atoms with Gasteiger partial charge in [-0.2, -0.15) is 0 Å². The Hall–Kier alpha value is -2.79. The molecule has 1 fully saturated rings. The van der Waals surface area contributed by atoms with Gasteiger partial charge in [0.25, 0.3) is 0 Å². The van der Waals surface area contributed by atoms with E-state index in [0.717, 1.165) is 16.7 Å². The average Bonchev–Trinajstić information content (AvgIpc) is 2.71. The third kappa shape index (κ3) is 3.30. The summed E-state index contributed by atoms with van der Waals surface area (Å²) in [5.41, 5.74) is 2.85. The number of amides is 1. The van der Waals surface area contributed by atoms with Crippen molar-refractivity contribution >= 4 is 23.6 Å². The summed E-state index contributed by atoms with van der Waals surface area (Å²) in [7, 11) is 0. The van der Waals surface area contributed by atoms with E-state index in [1.165, 1.54) is 0 Å². The molecule has 4 nitrogen and oxygen atoms in total. The van der Waals surface area contributed by atoms with E-state index in [4.69, 9.17) is 4.74 Å². The molecule has 0 saturated carbocycles. The van der Waals surface area contributed by atoms with Crippen LogP contribution in [-0.4, -0.2) is 27.9 Å². The minimum absolute atomic E-state index is 0.0238. The second-order valence-corrected chi connectivity index (χ2v) is 7.58. The highest BCUT2D eigenvalue weighted by molar-refractivity contribution is 8.00. The fraction of sp³-hybridized carbons (Fsp3) is 0.182. The van der Waals surface area contributed by atoms with Gasteiger partial charge < -0.3 is 4.74 Å². The van der Waals surface area contributed by atoms with Gasteiger partial charge in [0.15, 0.2) is 6.10 Å². The van der Waals surface area contributed by atoms with E-state index in [0.29, 0.717) is 17.9 Å². The molecule has 136 valence electrons. The van der Waals surface area contributed by atoms with Crippen molar-refractivity contribution < 1.29 is 14.3 Å². The van der Waals surface area contributed by atoms with Gasteiger partial charge in [-0.3, -0.25) is 9.69 Å². The zero-order valence-corrected chi connectivity index (χ0v) is 15.5. The molecular formula is C22H19NO3S. The topological polar surface area (TPSA) is 46.6 Å². The van der Waals surface area contributed by atoms with Crippen LogP contribution in [0.15, 0.2) is 84.6 Å². The molecule has 1 atom stereocenters. The maximum atomic E-state index is 13.1. The lowest BCUT2D eigenvalue weighted by Gasteiger charge is -2.44. The number of carbonyl (C=O) groups excluding carboxylic acids is 2. The molecule has 4 rings (SSSR count). The molecule has 27 heavy (non-hydrogen) atoms. The summed E-state index contributed by atoms with van der Waals surface area (Å²) in [4.78, 5) is 26.8. The molecule has 0 unspecified atom stereocenters. The molecule has 2 aromatic rings. The summed E-state index contributed by atoms with van der Waals surface area (Å²) in [5.74, 6) is 0.124. The number of nitrogens with zero attached hydrogens (tertiary/aromatic N) is 1. The van der Waals surface area contributed by atoms with Crippen molar-refractivity contribution in [2.45, 2.75) is 17.9 Å². The summed E-state index contributed by atoms with van der Waals surface area (Å²) < 4.78 is 5.95. The smallest absolute Gasteiger partial charge is 0.356 e. The van der Waals surface area contributed by atoms with Crippen LogP contribution in [0.4, 0.5) is 0 Å². The maximum absolute atomic E-state index is 13.1. The monoisotopic (exact) mass is 377 g/mol. The SMILES string of the molecule is C=CC1=C(C(=O)OC(c2ccccc2)c2ccccc2)N2C(=O)C[C@H]2SC1. The summed E-state index contributed by atoms with van der Waals surface area (Å²) in [5, 5.41) is 0.0238. The molecule has 0 bridgehead atoms. The second kappa shape index (κ2) is 7.45. The van der Waals surface area contributed by atoms with Crippen LogP contribution in [0.5, 0.6) is 0 Å². The molecule has 2 aliphatic heterocycles. The molecule has 0 N–H and O–H groups in total. The van der Waals surface area contributed by atoms with Crippen LogP contribution in [0, 0.1) is 0 Å². The largest absolute Gasteiger partial charge is 0.448 e. The highest BCUT2D eigenvalue weighted by atomic mass is 32.2. The van der Waals surface area contributed by atoms with Crippen LogP contribution in [0.2, 0.25) is 0 Å². The standard InChI is InChI=1S/C22H19NO3S/c1-2-15-14-27-19-13-18(24)23(19)20(15)22(25)26-21(16-9-5-3-6-10-16)17-11-7-4-8-12-17/h2-12,19,21H,1,13-14H2/t19-/m1/s1. The summed E-state index contributed by atoms with van der Waals surface area (Å²) in [6, 6.07) is 19.2. The van der Waals surface area contributed by atoms with Gasteiger partial charge in [-0.15, -0.1) is 11.8 Å². The van der Waals surface area contributed by atoms with Crippen LogP contribution in [0.25, 0.3) is 0 Å². The van der Waals surface area contributed by atoms with Crippen molar-refractivity contribution in [1.29, 1.82) is 0 Å². The quantitative estimate of drug-likeness (QED) is 0.582. The van der Waals surface area contributed by atoms with Crippen LogP contribution < -0.4 is 0 Å². The van der Waals surface area contributed by atoms with Gasteiger partial charge >= 0.3 is 5.97 Å². The minimum Gasteiger partial charge on any atom is -0.448 e. The Bertz CT molecular complexity index is 868. The van der Waals surface area contributed by atoms with Crippen molar-refractivity contribution in [3.05, 3.63) is 95.7 Å². The number of rotatable bonds is 5. The van der Waals surface area contributed by atoms with E-state index in [-0.39, 0.29) is 11.3 Å². The van der Waals surface area contributed by atoms with Crippen molar-refractivity contribution in [2.75, 3.05) is 5.75 Å².